The minimum Gasteiger partial charge on any atom is -0.362 e. The molecule has 10 heteroatoms. The summed E-state index contributed by atoms with van der Waals surface area (Å²) in [4.78, 5) is 18.4. The number of nitrogens with one attached hydrogen (secondary N) is 3. The highest BCUT2D eigenvalue weighted by atomic mass is 19.3. The molecule has 0 saturated carbocycles. The Hall–Kier alpha value is -4.47. The molecule has 1 amide bonds. The number of H-pyrrole nitrogens is 1. The molecule has 1 atom stereocenters. The number of nitrogens with zero attached hydrogens (tertiary/aromatic N) is 4. The third-order valence-electron chi connectivity index (χ3n) is 6.48. The lowest BCUT2D eigenvalue weighted by atomic mass is 10.1. The highest BCUT2D eigenvalue weighted by molar-refractivity contribution is 6.04. The zero-order chi connectivity index (χ0) is 24.9. The van der Waals surface area contributed by atoms with E-state index in [4.69, 9.17) is 0 Å². The first-order chi connectivity index (χ1) is 17.4. The summed E-state index contributed by atoms with van der Waals surface area (Å²) in [6.45, 7) is -1.07. The monoisotopic (exact) mass is 487 g/mol. The Morgan fingerprint density at radius 1 is 1.08 bits per heavy atom. The summed E-state index contributed by atoms with van der Waals surface area (Å²) in [5, 5.41) is 14.5. The average molecular weight is 488 g/mol. The van der Waals surface area contributed by atoms with Crippen LogP contribution >= 0.6 is 0 Å². The van der Waals surface area contributed by atoms with Crippen LogP contribution in [0.15, 0.2) is 78.2 Å². The van der Waals surface area contributed by atoms with Gasteiger partial charge in [-0.1, -0.05) is 24.3 Å². The number of amides is 1. The molecule has 1 unspecified atom stereocenters. The number of fused-ring (bicyclic) bond motifs is 1. The Morgan fingerprint density at radius 3 is 2.58 bits per heavy atom. The van der Waals surface area contributed by atoms with Crippen LogP contribution in [0.2, 0.25) is 0 Å². The standard InChI is InChI=1S/C26H23F2N7O/c1-34-21-11-18(3-2-17(21)10-22(34)25(36)35-14-26(27,28)15-35)24-29-9-8-23(33-24)32-20-6-4-16(5-7-20)19-12-30-31-13-19/h2-13,23,32H,14-15H2,1H3,(H,29,33)(H,30,31). The molecule has 8 nitrogen and oxygen atoms in total. The van der Waals surface area contributed by atoms with Crippen LogP contribution in [0.4, 0.5) is 14.5 Å². The lowest BCUT2D eigenvalue weighted by molar-refractivity contribution is -0.113. The van der Waals surface area contributed by atoms with Crippen molar-refractivity contribution in [1.29, 1.82) is 0 Å². The number of hydrogen-bond donors (Lipinski definition) is 3. The van der Waals surface area contributed by atoms with Gasteiger partial charge in [0.25, 0.3) is 11.8 Å². The lowest BCUT2D eigenvalue weighted by Crippen LogP contribution is -2.58. The molecule has 0 bridgehead atoms. The van der Waals surface area contributed by atoms with E-state index in [2.05, 4.69) is 25.8 Å². The summed E-state index contributed by atoms with van der Waals surface area (Å²) in [5.74, 6) is -2.50. The topological polar surface area (TPSA) is 90.3 Å². The van der Waals surface area contributed by atoms with Gasteiger partial charge >= 0.3 is 0 Å². The van der Waals surface area contributed by atoms with Gasteiger partial charge in [-0.15, -0.1) is 0 Å². The van der Waals surface area contributed by atoms with E-state index >= 15 is 0 Å². The first-order valence-electron chi connectivity index (χ1n) is 11.5. The zero-order valence-corrected chi connectivity index (χ0v) is 19.4. The number of carbonyl (C=O) groups is 1. The number of benzene rings is 2. The molecule has 2 aromatic heterocycles. The van der Waals surface area contributed by atoms with Gasteiger partial charge in [0.2, 0.25) is 0 Å². The first-order valence-corrected chi connectivity index (χ1v) is 11.5. The first kappa shape index (κ1) is 22.0. The van der Waals surface area contributed by atoms with Gasteiger partial charge in [0.05, 0.1) is 19.3 Å². The van der Waals surface area contributed by atoms with Crippen LogP contribution in [0.25, 0.3) is 22.0 Å². The van der Waals surface area contributed by atoms with Gasteiger partial charge in [-0.25, -0.2) is 13.8 Å². The van der Waals surface area contributed by atoms with Crippen molar-refractivity contribution in [2.24, 2.45) is 12.0 Å². The fourth-order valence-corrected chi connectivity index (χ4v) is 4.53. The highest BCUT2D eigenvalue weighted by Gasteiger charge is 2.46. The number of anilines is 1. The molecule has 3 N–H and O–H groups in total. The van der Waals surface area contributed by atoms with E-state index < -0.39 is 19.0 Å². The quantitative estimate of drug-likeness (QED) is 0.398. The molecule has 4 aromatic rings. The van der Waals surface area contributed by atoms with Crippen molar-refractivity contribution < 1.29 is 13.6 Å². The van der Waals surface area contributed by atoms with E-state index in [0.29, 0.717) is 11.5 Å². The molecule has 0 radical (unpaired) electrons. The summed E-state index contributed by atoms with van der Waals surface area (Å²) in [6, 6.07) is 15.6. The molecule has 2 aromatic carbocycles. The normalized spacial score (nSPS) is 18.5. The molecule has 4 heterocycles. The molecule has 6 rings (SSSR count). The number of aromatic nitrogens is 3. The van der Waals surface area contributed by atoms with E-state index in [1.807, 2.05) is 54.7 Å². The fraction of sp³-hybridized carbons (Fsp3) is 0.192. The van der Waals surface area contributed by atoms with Crippen molar-refractivity contribution in [3.05, 3.63) is 84.5 Å². The molecule has 182 valence electrons. The number of halogens is 2. The second-order valence-corrected chi connectivity index (χ2v) is 9.03. The highest BCUT2D eigenvalue weighted by Crippen LogP contribution is 2.30. The fourth-order valence-electron chi connectivity index (χ4n) is 4.53. The van der Waals surface area contributed by atoms with Crippen molar-refractivity contribution in [3.8, 4) is 11.1 Å². The van der Waals surface area contributed by atoms with E-state index in [1.54, 1.807) is 30.1 Å². The van der Waals surface area contributed by atoms with Crippen LogP contribution in [-0.4, -0.2) is 56.6 Å². The van der Waals surface area contributed by atoms with Crippen LogP contribution in [0.1, 0.15) is 16.1 Å². The molecule has 2 aliphatic heterocycles. The molecule has 36 heavy (non-hydrogen) atoms. The number of aryl methyl sites for hydroxylation is 1. The Morgan fingerprint density at radius 2 is 1.86 bits per heavy atom. The summed E-state index contributed by atoms with van der Waals surface area (Å²) in [6.07, 6.45) is 7.13. The second-order valence-electron chi connectivity index (χ2n) is 9.03. The van der Waals surface area contributed by atoms with Crippen molar-refractivity contribution in [2.45, 2.75) is 12.1 Å². The summed E-state index contributed by atoms with van der Waals surface area (Å²) in [5.41, 5.74) is 5.10. The number of aliphatic imine (C=N–C) groups is 1. The maximum atomic E-state index is 13.2. The van der Waals surface area contributed by atoms with E-state index in [0.717, 1.165) is 33.3 Å². The average Bonchev–Trinajstić information content (AvgIpc) is 3.51. The van der Waals surface area contributed by atoms with Crippen molar-refractivity contribution in [3.63, 3.8) is 0 Å². The Labute approximate surface area is 205 Å². The van der Waals surface area contributed by atoms with Gasteiger partial charge < -0.3 is 20.1 Å². The second kappa shape index (κ2) is 8.33. The van der Waals surface area contributed by atoms with Gasteiger partial charge in [-0.05, 0) is 35.9 Å². The molecule has 1 saturated heterocycles. The van der Waals surface area contributed by atoms with Crippen molar-refractivity contribution in [2.75, 3.05) is 18.4 Å². The number of rotatable bonds is 5. The smallest absolute Gasteiger partial charge is 0.282 e. The summed E-state index contributed by atoms with van der Waals surface area (Å²) < 4.78 is 28.2. The van der Waals surface area contributed by atoms with Crippen molar-refractivity contribution in [1.82, 2.24) is 25.0 Å². The van der Waals surface area contributed by atoms with Crippen LogP contribution in [0.5, 0.6) is 0 Å². The molecule has 1 fully saturated rings. The van der Waals surface area contributed by atoms with Gasteiger partial charge in [0.15, 0.2) is 0 Å². The van der Waals surface area contributed by atoms with Crippen LogP contribution in [-0.2, 0) is 7.05 Å². The van der Waals surface area contributed by atoms with Crippen molar-refractivity contribution >= 4 is 28.3 Å². The number of likely N-dealkylation sites (tertiary alicyclic amines) is 1. The summed E-state index contributed by atoms with van der Waals surface area (Å²) in [7, 11) is 1.77. The number of aromatic amines is 1. The van der Waals surface area contributed by atoms with Crippen LogP contribution in [0, 0.1) is 0 Å². The lowest BCUT2D eigenvalue weighted by Gasteiger charge is -2.38. The third kappa shape index (κ3) is 4.00. The minimum absolute atomic E-state index is 0.174. The van der Waals surface area contributed by atoms with Gasteiger partial charge in [0, 0.05) is 47.2 Å². The van der Waals surface area contributed by atoms with Crippen LogP contribution in [0.3, 0.4) is 0 Å². The number of hydrogen-bond acceptors (Lipinski definition) is 5. The number of amidine groups is 1. The predicted octanol–water partition coefficient (Wildman–Crippen LogP) is 3.96. The Bertz CT molecular complexity index is 1500. The Kier molecular flexibility index (Phi) is 5.10. The maximum Gasteiger partial charge on any atom is 0.282 e. The molecule has 0 spiro atoms. The zero-order valence-electron chi connectivity index (χ0n) is 19.4. The van der Waals surface area contributed by atoms with Gasteiger partial charge in [-0.3, -0.25) is 9.89 Å². The van der Waals surface area contributed by atoms with E-state index in [9.17, 15) is 13.6 Å². The van der Waals surface area contributed by atoms with E-state index in [1.165, 1.54) is 4.90 Å². The predicted molar refractivity (Wildman–Crippen MR) is 134 cm³/mol. The largest absolute Gasteiger partial charge is 0.362 e. The van der Waals surface area contributed by atoms with Gasteiger partial charge in [0.1, 0.15) is 17.7 Å². The third-order valence-corrected chi connectivity index (χ3v) is 6.48. The molecule has 0 aliphatic carbocycles. The Balaban J connectivity index is 1.17. The SMILES string of the molecule is Cn1c(C(=O)N2CC(F)(F)C2)cc2ccc(C3=NC=CC(Nc4ccc(-c5cn[nH]c5)cc4)N3)cc21. The van der Waals surface area contributed by atoms with Gasteiger partial charge in [-0.2, -0.15) is 5.10 Å². The maximum absolute atomic E-state index is 13.2. The molecular formula is C26H23F2N7O. The van der Waals surface area contributed by atoms with E-state index in [-0.39, 0.29) is 12.1 Å². The molecule has 2 aliphatic rings. The number of alkyl halides is 2. The number of carbonyl (C=O) groups excluding carboxylic acids is 1. The molecular weight excluding hydrogens is 464 g/mol. The summed E-state index contributed by atoms with van der Waals surface area (Å²) >= 11 is 0. The minimum atomic E-state index is -2.79. The van der Waals surface area contributed by atoms with Crippen LogP contribution < -0.4 is 10.6 Å².